The van der Waals surface area contributed by atoms with Crippen molar-refractivity contribution < 1.29 is 24.3 Å². The highest BCUT2D eigenvalue weighted by Crippen LogP contribution is 2.35. The van der Waals surface area contributed by atoms with Gasteiger partial charge in [0.05, 0.1) is 18.6 Å². The zero-order valence-electron chi connectivity index (χ0n) is 38.6. The Morgan fingerprint density at radius 2 is 1.56 bits per heavy atom. The van der Waals surface area contributed by atoms with Crippen LogP contribution in [0.25, 0.3) is 27.7 Å². The van der Waals surface area contributed by atoms with Crippen LogP contribution in [0.5, 0.6) is 5.75 Å². The van der Waals surface area contributed by atoms with Gasteiger partial charge < -0.3 is 39.9 Å². The lowest BCUT2D eigenvalue weighted by Crippen LogP contribution is -2.76. The molecule has 3 fully saturated rings. The Balaban J connectivity index is 0.955. The number of phenolic OH excluding ortho intramolecular Hbond substituents is 1. The van der Waals surface area contributed by atoms with Crippen LogP contribution in [0, 0.1) is 0 Å². The molecule has 0 unspecified atom stereocenters. The van der Waals surface area contributed by atoms with Crippen LogP contribution in [-0.4, -0.2) is 116 Å². The number of hydrazine groups is 1. The number of hydrogen-bond donors (Lipinski definition) is 3. The SMILES string of the molecule is C=CCN1CC(=O)N2[C@@H](Cc3ccc(O)cc3)C(=O)N(Cc3cccc4c(-c5ccc(C(=C)Nc6ccc(N7CCN(C(C)=O)CC7)cc6)cc5)cn(C)c34)C[C@@H]2N1C(=O)NCc1ccccc1. The number of piperazine rings is 2. The Bertz CT molecular complexity index is 2840. The Morgan fingerprint density at radius 1 is 0.838 bits per heavy atom. The van der Waals surface area contributed by atoms with E-state index in [9.17, 15) is 24.3 Å². The summed E-state index contributed by atoms with van der Waals surface area (Å²) < 4.78 is 2.09. The average molecular weight is 912 g/mol. The molecule has 14 heteroatoms. The maximum Gasteiger partial charge on any atom is 0.334 e. The van der Waals surface area contributed by atoms with Crippen LogP contribution in [0.3, 0.4) is 0 Å². The summed E-state index contributed by atoms with van der Waals surface area (Å²) >= 11 is 0. The van der Waals surface area contributed by atoms with Crippen LogP contribution in [-0.2, 0) is 40.9 Å². The molecule has 3 N–H and O–H groups in total. The second kappa shape index (κ2) is 19.6. The second-order valence-corrected chi connectivity index (χ2v) is 17.7. The van der Waals surface area contributed by atoms with Crippen molar-refractivity contribution in [2.45, 2.75) is 38.6 Å². The van der Waals surface area contributed by atoms with Gasteiger partial charge in [-0.15, -0.1) is 6.58 Å². The van der Waals surface area contributed by atoms with Crippen LogP contribution in [0.2, 0.25) is 0 Å². The molecule has 1 aromatic heterocycles. The van der Waals surface area contributed by atoms with E-state index in [1.54, 1.807) is 57.1 Å². The predicted molar refractivity (Wildman–Crippen MR) is 266 cm³/mol. The van der Waals surface area contributed by atoms with Crippen molar-refractivity contribution in [2.75, 3.05) is 56.0 Å². The zero-order valence-corrected chi connectivity index (χ0v) is 38.6. The minimum absolute atomic E-state index is 0.0831. The molecule has 3 saturated heterocycles. The van der Waals surface area contributed by atoms with Crippen molar-refractivity contribution in [1.82, 2.24) is 34.6 Å². The van der Waals surface area contributed by atoms with Crippen molar-refractivity contribution in [3.8, 4) is 16.9 Å². The summed E-state index contributed by atoms with van der Waals surface area (Å²) in [6.07, 6.45) is 3.16. The van der Waals surface area contributed by atoms with Crippen molar-refractivity contribution >= 4 is 51.7 Å². The molecule has 14 nitrogen and oxygen atoms in total. The third kappa shape index (κ3) is 9.40. The number of rotatable bonds is 13. The summed E-state index contributed by atoms with van der Waals surface area (Å²) in [5.74, 6) is -0.260. The first-order chi connectivity index (χ1) is 32.9. The van der Waals surface area contributed by atoms with Crippen LogP contribution in [0.1, 0.15) is 29.2 Å². The average Bonchev–Trinajstić information content (AvgIpc) is 3.70. The smallest absolute Gasteiger partial charge is 0.334 e. The number of aryl methyl sites for hydroxylation is 1. The van der Waals surface area contributed by atoms with Gasteiger partial charge in [-0.25, -0.2) is 14.8 Å². The van der Waals surface area contributed by atoms with E-state index in [1.807, 2.05) is 54.4 Å². The molecule has 3 aliphatic heterocycles. The van der Waals surface area contributed by atoms with Crippen LogP contribution in [0.4, 0.5) is 16.2 Å². The first-order valence-corrected chi connectivity index (χ1v) is 23.0. The maximum absolute atomic E-state index is 14.9. The number of carbonyl (C=O) groups is 4. The number of anilines is 2. The monoisotopic (exact) mass is 911 g/mol. The molecular weight excluding hydrogens is 855 g/mol. The zero-order chi connectivity index (χ0) is 47.5. The van der Waals surface area contributed by atoms with E-state index in [0.29, 0.717) is 0 Å². The minimum Gasteiger partial charge on any atom is -0.508 e. The molecule has 5 amide bonds. The summed E-state index contributed by atoms with van der Waals surface area (Å²) in [5.41, 5.74) is 9.43. The van der Waals surface area contributed by atoms with E-state index >= 15 is 0 Å². The van der Waals surface area contributed by atoms with Crippen LogP contribution < -0.4 is 15.5 Å². The summed E-state index contributed by atoms with van der Waals surface area (Å²) in [4.78, 5) is 62.6. The molecule has 9 rings (SSSR count). The lowest BCUT2D eigenvalue weighted by atomic mass is 9.97. The number of nitrogens with one attached hydrogen (secondary N) is 2. The highest BCUT2D eigenvalue weighted by molar-refractivity contribution is 5.98. The first-order valence-electron chi connectivity index (χ1n) is 23.0. The van der Waals surface area contributed by atoms with Crippen molar-refractivity contribution in [2.24, 2.45) is 7.05 Å². The number of para-hydroxylation sites is 1. The lowest BCUT2D eigenvalue weighted by Gasteiger charge is -2.55. The number of hydrogen-bond acceptors (Lipinski definition) is 8. The summed E-state index contributed by atoms with van der Waals surface area (Å²) in [7, 11) is 2.01. The molecule has 5 aromatic carbocycles. The molecule has 348 valence electrons. The largest absolute Gasteiger partial charge is 0.508 e. The fraction of sp³-hybridized carbons (Fsp3) is 0.259. The molecule has 4 heterocycles. The molecule has 6 aromatic rings. The highest BCUT2D eigenvalue weighted by Gasteiger charge is 2.51. The molecule has 0 saturated carbocycles. The minimum atomic E-state index is -0.910. The Kier molecular flexibility index (Phi) is 13.0. The maximum atomic E-state index is 14.9. The Morgan fingerprint density at radius 3 is 2.25 bits per heavy atom. The van der Waals surface area contributed by atoms with E-state index in [-0.39, 0.29) is 68.6 Å². The van der Waals surface area contributed by atoms with E-state index in [2.05, 4.69) is 94.1 Å². The van der Waals surface area contributed by atoms with E-state index in [4.69, 9.17) is 0 Å². The Labute approximate surface area is 396 Å². The molecule has 0 spiro atoms. The van der Waals surface area contributed by atoms with Gasteiger partial charge in [0.15, 0.2) is 0 Å². The number of amides is 5. The number of benzene rings is 5. The molecule has 0 bridgehead atoms. The van der Waals surface area contributed by atoms with E-state index in [0.717, 1.165) is 87.5 Å². The van der Waals surface area contributed by atoms with E-state index < -0.39 is 12.2 Å². The van der Waals surface area contributed by atoms with Crippen molar-refractivity contribution in [1.29, 1.82) is 0 Å². The molecule has 68 heavy (non-hydrogen) atoms. The standard InChI is InChI=1S/C54H57N9O5/c1-5-26-61-36-51(66)62-49(31-39-14-24-46(65)25-15-39)53(67)60(35-50(62)63(61)54(68)55-32-40-10-7-6-8-11-40)33-43-12-9-13-47-48(34-57(4)52(43)47)42-18-16-41(17-19-42)37(2)56-44-20-22-45(23-21-44)59-29-27-58(28-30-59)38(3)64/h5-25,34,49-50,56,65H,1-2,26-33,35-36H2,3-4H3,(H,55,68)/t49-,50-/m0/s1. The van der Waals surface area contributed by atoms with E-state index in [1.165, 1.54) is 0 Å². The van der Waals surface area contributed by atoms with Gasteiger partial charge in [0.25, 0.3) is 0 Å². The molecule has 3 aliphatic rings. The second-order valence-electron chi connectivity index (χ2n) is 17.7. The van der Waals surface area contributed by atoms with Crippen LogP contribution >= 0.6 is 0 Å². The molecule has 2 atom stereocenters. The molecule has 0 aliphatic carbocycles. The summed E-state index contributed by atoms with van der Waals surface area (Å²) in [5, 5.41) is 20.9. The molecule has 0 radical (unpaired) electrons. The lowest BCUT2D eigenvalue weighted by molar-refractivity contribution is -0.189. The summed E-state index contributed by atoms with van der Waals surface area (Å²) in [6.45, 7) is 13.7. The van der Waals surface area contributed by atoms with Crippen molar-refractivity contribution in [3.05, 3.63) is 169 Å². The van der Waals surface area contributed by atoms with Gasteiger partial charge >= 0.3 is 6.03 Å². The molecular formula is C54H57N9O5. The topological polar surface area (TPSA) is 137 Å². The van der Waals surface area contributed by atoms with Gasteiger partial charge in [0.2, 0.25) is 17.7 Å². The van der Waals surface area contributed by atoms with Gasteiger partial charge in [-0.2, -0.15) is 0 Å². The first kappa shape index (κ1) is 45.3. The number of urea groups is 1. The fourth-order valence-corrected chi connectivity index (χ4v) is 9.80. The van der Waals surface area contributed by atoms with Crippen LogP contribution in [0.15, 0.2) is 147 Å². The Hall–Kier alpha value is -7.84. The number of carbonyl (C=O) groups excluding carboxylic acids is 4. The number of fused-ring (bicyclic) bond motifs is 2. The third-order valence-electron chi connectivity index (χ3n) is 13.3. The number of phenols is 1. The number of nitrogens with zero attached hydrogens (tertiary/aromatic N) is 7. The third-order valence-corrected chi connectivity index (χ3v) is 13.3. The van der Waals surface area contributed by atoms with Gasteiger partial charge in [-0.3, -0.25) is 14.4 Å². The van der Waals surface area contributed by atoms with Gasteiger partial charge in [-0.1, -0.05) is 97.6 Å². The highest BCUT2D eigenvalue weighted by atomic mass is 16.3. The quantitative estimate of drug-likeness (QED) is 0.105. The van der Waals surface area contributed by atoms with Gasteiger partial charge in [0, 0.05) is 100 Å². The summed E-state index contributed by atoms with van der Waals surface area (Å²) in [6, 6.07) is 37.7. The normalized spacial score (nSPS) is 17.6. The van der Waals surface area contributed by atoms with Crippen molar-refractivity contribution in [3.63, 3.8) is 0 Å². The van der Waals surface area contributed by atoms with Gasteiger partial charge in [-0.05, 0) is 64.2 Å². The fourth-order valence-electron chi connectivity index (χ4n) is 9.80. The predicted octanol–water partition coefficient (Wildman–Crippen LogP) is 7.04. The number of aromatic hydroxyl groups is 1. The number of aromatic nitrogens is 1. The van der Waals surface area contributed by atoms with Gasteiger partial charge in [0.1, 0.15) is 18.0 Å².